The summed E-state index contributed by atoms with van der Waals surface area (Å²) in [6, 6.07) is 7.78. The highest BCUT2D eigenvalue weighted by Crippen LogP contribution is 2.44. The highest BCUT2D eigenvalue weighted by Gasteiger charge is 2.35. The maximum atomic E-state index is 9.72. The molecule has 1 aromatic heterocycles. The van der Waals surface area contributed by atoms with Crippen LogP contribution in [0.3, 0.4) is 0 Å². The van der Waals surface area contributed by atoms with Crippen LogP contribution < -0.4 is 19.9 Å². The van der Waals surface area contributed by atoms with Gasteiger partial charge >= 0.3 is 0 Å². The number of nitrogens with one attached hydrogen (secondary N) is 1. The molecule has 1 aliphatic rings. The minimum absolute atomic E-state index is 0.0395. The maximum absolute atomic E-state index is 9.72. The second-order valence-electron chi connectivity index (χ2n) is 6.39. The van der Waals surface area contributed by atoms with E-state index >= 15 is 0 Å². The van der Waals surface area contributed by atoms with Gasteiger partial charge in [0.1, 0.15) is 11.6 Å². The standard InChI is InChI=1S/C20H24N4O4/c1-4-5-8-27-15-7-6-12(9-16(15)26-3)17-13(10-21)19(22)28-20-18(17)14(11-25-2)23-24-20/h6-7,9,17H,4-5,8,11,22H2,1-3H3,(H,23,24)/t17-/m0/s1. The van der Waals surface area contributed by atoms with Gasteiger partial charge in [0, 0.05) is 7.11 Å². The van der Waals surface area contributed by atoms with Gasteiger partial charge in [0.2, 0.25) is 11.8 Å². The van der Waals surface area contributed by atoms with Crippen molar-refractivity contribution in [3.05, 3.63) is 46.5 Å². The summed E-state index contributed by atoms with van der Waals surface area (Å²) in [6.07, 6.45) is 2.01. The largest absolute Gasteiger partial charge is 0.493 e. The van der Waals surface area contributed by atoms with Crippen molar-refractivity contribution < 1.29 is 18.9 Å². The van der Waals surface area contributed by atoms with Crippen molar-refractivity contribution in [3.63, 3.8) is 0 Å². The molecule has 1 aliphatic heterocycles. The third-order valence-corrected chi connectivity index (χ3v) is 4.58. The molecule has 8 heteroatoms. The number of rotatable bonds is 8. The van der Waals surface area contributed by atoms with Gasteiger partial charge in [-0.05, 0) is 24.1 Å². The summed E-state index contributed by atoms with van der Waals surface area (Å²) in [6.45, 7) is 3.02. The first-order chi connectivity index (χ1) is 13.6. The van der Waals surface area contributed by atoms with Crippen LogP contribution in [-0.2, 0) is 11.3 Å². The molecular weight excluding hydrogens is 360 g/mol. The number of nitrogens with two attached hydrogens (primary N) is 1. The number of H-pyrrole nitrogens is 1. The van der Waals surface area contributed by atoms with Crippen molar-refractivity contribution in [1.82, 2.24) is 10.2 Å². The fourth-order valence-corrected chi connectivity index (χ4v) is 3.21. The molecule has 0 bridgehead atoms. The molecule has 0 radical (unpaired) electrons. The van der Waals surface area contributed by atoms with Gasteiger partial charge in [-0.3, -0.25) is 5.10 Å². The highest BCUT2D eigenvalue weighted by atomic mass is 16.5. The molecule has 0 saturated heterocycles. The van der Waals surface area contributed by atoms with E-state index < -0.39 is 5.92 Å². The van der Waals surface area contributed by atoms with Crippen LogP contribution in [0.4, 0.5) is 0 Å². The van der Waals surface area contributed by atoms with E-state index in [1.807, 2.05) is 18.2 Å². The van der Waals surface area contributed by atoms with Crippen molar-refractivity contribution >= 4 is 0 Å². The van der Waals surface area contributed by atoms with Crippen LogP contribution in [0.15, 0.2) is 29.7 Å². The fraction of sp³-hybridized carbons (Fsp3) is 0.400. The quantitative estimate of drug-likeness (QED) is 0.672. The van der Waals surface area contributed by atoms with Crippen LogP contribution in [0.5, 0.6) is 17.4 Å². The number of ether oxygens (including phenoxy) is 4. The number of allylic oxidation sites excluding steroid dienone is 1. The molecule has 0 fully saturated rings. The van der Waals surface area contributed by atoms with Crippen LogP contribution in [0.2, 0.25) is 0 Å². The Bertz CT molecular complexity index is 913. The van der Waals surface area contributed by atoms with Crippen molar-refractivity contribution in [2.75, 3.05) is 20.8 Å². The molecular formula is C20H24N4O4. The zero-order valence-electron chi connectivity index (χ0n) is 16.2. The molecule has 0 aliphatic carbocycles. The Morgan fingerprint density at radius 2 is 2.14 bits per heavy atom. The minimum atomic E-state index is -0.448. The molecule has 3 N–H and O–H groups in total. The zero-order chi connectivity index (χ0) is 20.1. The van der Waals surface area contributed by atoms with Gasteiger partial charge in [0.25, 0.3) is 0 Å². The minimum Gasteiger partial charge on any atom is -0.493 e. The fourth-order valence-electron chi connectivity index (χ4n) is 3.21. The molecule has 3 rings (SSSR count). The molecule has 148 valence electrons. The number of nitrogens with zero attached hydrogens (tertiary/aromatic N) is 2. The number of methoxy groups -OCH3 is 2. The predicted molar refractivity (Wildman–Crippen MR) is 102 cm³/mol. The van der Waals surface area contributed by atoms with Crippen LogP contribution in [-0.4, -0.2) is 31.0 Å². The Labute approximate surface area is 163 Å². The van der Waals surface area contributed by atoms with E-state index in [-0.39, 0.29) is 5.88 Å². The lowest BCUT2D eigenvalue weighted by Gasteiger charge is -2.24. The summed E-state index contributed by atoms with van der Waals surface area (Å²) in [5, 5.41) is 16.8. The summed E-state index contributed by atoms with van der Waals surface area (Å²) in [5.41, 5.74) is 8.58. The lowest BCUT2D eigenvalue weighted by molar-refractivity contribution is 0.180. The smallest absolute Gasteiger partial charge is 0.244 e. The van der Waals surface area contributed by atoms with Crippen molar-refractivity contribution in [2.24, 2.45) is 5.73 Å². The Morgan fingerprint density at radius 1 is 1.32 bits per heavy atom. The Hall–Kier alpha value is -3.18. The number of nitriles is 1. The topological polar surface area (TPSA) is 115 Å². The third-order valence-electron chi connectivity index (χ3n) is 4.58. The number of fused-ring (bicyclic) bond motifs is 1. The molecule has 28 heavy (non-hydrogen) atoms. The lowest BCUT2D eigenvalue weighted by atomic mass is 9.84. The van der Waals surface area contributed by atoms with E-state index in [9.17, 15) is 5.26 Å². The van der Waals surface area contributed by atoms with Crippen LogP contribution in [0, 0.1) is 11.3 Å². The molecule has 2 heterocycles. The Kier molecular flexibility index (Phi) is 6.06. The summed E-state index contributed by atoms with van der Waals surface area (Å²) in [4.78, 5) is 0. The molecule has 0 amide bonds. The van der Waals surface area contributed by atoms with Gasteiger partial charge in [-0.2, -0.15) is 5.26 Å². The lowest BCUT2D eigenvalue weighted by Crippen LogP contribution is -2.21. The summed E-state index contributed by atoms with van der Waals surface area (Å²) in [5.74, 6) is 1.19. The molecule has 0 spiro atoms. The van der Waals surface area contributed by atoms with E-state index in [1.165, 1.54) is 0 Å². The van der Waals surface area contributed by atoms with Gasteiger partial charge < -0.3 is 24.7 Å². The monoisotopic (exact) mass is 384 g/mol. The van der Waals surface area contributed by atoms with Crippen molar-refractivity contribution in [3.8, 4) is 23.4 Å². The number of aromatic amines is 1. The zero-order valence-corrected chi connectivity index (χ0v) is 16.2. The summed E-state index contributed by atoms with van der Waals surface area (Å²) in [7, 11) is 3.18. The highest BCUT2D eigenvalue weighted by molar-refractivity contribution is 5.57. The van der Waals surface area contributed by atoms with E-state index in [1.54, 1.807) is 14.2 Å². The van der Waals surface area contributed by atoms with Crippen LogP contribution in [0.1, 0.15) is 42.5 Å². The maximum Gasteiger partial charge on any atom is 0.244 e. The first-order valence-electron chi connectivity index (χ1n) is 9.08. The Balaban J connectivity index is 2.06. The second-order valence-corrected chi connectivity index (χ2v) is 6.39. The molecule has 0 saturated carbocycles. The van der Waals surface area contributed by atoms with Gasteiger partial charge in [0.05, 0.1) is 37.5 Å². The number of aromatic nitrogens is 2. The van der Waals surface area contributed by atoms with Crippen molar-refractivity contribution in [2.45, 2.75) is 32.3 Å². The Morgan fingerprint density at radius 3 is 2.82 bits per heavy atom. The average molecular weight is 384 g/mol. The SMILES string of the molecule is CCCCOc1ccc([C@H]2C(C#N)=C(N)Oc3n[nH]c(COC)c32)cc1OC. The van der Waals surface area contributed by atoms with Gasteiger partial charge in [-0.1, -0.05) is 19.4 Å². The van der Waals surface area contributed by atoms with Crippen molar-refractivity contribution in [1.29, 1.82) is 5.26 Å². The number of unbranched alkanes of at least 4 members (excludes halogenated alkanes) is 1. The summed E-state index contributed by atoms with van der Waals surface area (Å²) < 4.78 is 22.1. The number of hydrogen-bond donors (Lipinski definition) is 2. The molecule has 1 aromatic carbocycles. The predicted octanol–water partition coefficient (Wildman–Crippen LogP) is 2.96. The molecule has 2 aromatic rings. The van der Waals surface area contributed by atoms with Gasteiger partial charge in [0.15, 0.2) is 11.5 Å². The van der Waals surface area contributed by atoms with Gasteiger partial charge in [-0.15, -0.1) is 5.10 Å². The first-order valence-corrected chi connectivity index (χ1v) is 9.08. The average Bonchev–Trinajstić information content (AvgIpc) is 3.09. The van der Waals surface area contributed by atoms with E-state index in [0.29, 0.717) is 36.2 Å². The van der Waals surface area contributed by atoms with Crippen LogP contribution in [0.25, 0.3) is 0 Å². The molecule has 0 unspecified atom stereocenters. The number of benzene rings is 1. The molecule has 1 atom stereocenters. The van der Waals surface area contributed by atoms with E-state index in [4.69, 9.17) is 24.7 Å². The van der Waals surface area contributed by atoms with E-state index in [2.05, 4.69) is 23.2 Å². The second kappa shape index (κ2) is 8.67. The summed E-state index contributed by atoms with van der Waals surface area (Å²) >= 11 is 0. The number of hydrogen-bond acceptors (Lipinski definition) is 7. The molecule has 8 nitrogen and oxygen atoms in total. The third kappa shape index (κ3) is 3.62. The first kappa shape index (κ1) is 19.6. The van der Waals surface area contributed by atoms with Crippen LogP contribution >= 0.6 is 0 Å². The normalized spacial score (nSPS) is 15.6. The van der Waals surface area contributed by atoms with E-state index in [0.717, 1.165) is 29.7 Å². The van der Waals surface area contributed by atoms with Gasteiger partial charge in [-0.25, -0.2) is 0 Å².